The molecule has 8 rings (SSSR count). The van der Waals surface area contributed by atoms with E-state index in [1.54, 1.807) is 30.3 Å². The number of carbonyl (C=O) groups is 1. The monoisotopic (exact) mass is 776 g/mol. The lowest BCUT2D eigenvalue weighted by Gasteiger charge is -2.41. The van der Waals surface area contributed by atoms with E-state index in [9.17, 15) is 40.5 Å². The minimum absolute atomic E-state index is 0.0342. The van der Waals surface area contributed by atoms with E-state index < -0.39 is 99.6 Å². The minimum atomic E-state index is -2.12. The summed E-state index contributed by atoms with van der Waals surface area (Å²) in [6.07, 6.45) is -12.8. The van der Waals surface area contributed by atoms with Crippen molar-refractivity contribution in [2.24, 2.45) is 0 Å². The zero-order valence-electron chi connectivity index (χ0n) is 29.5. The van der Waals surface area contributed by atoms with Crippen LogP contribution in [0.5, 0.6) is 28.7 Å². The van der Waals surface area contributed by atoms with Gasteiger partial charge >= 0.3 is 5.97 Å². The van der Waals surface area contributed by atoms with Crippen LogP contribution >= 0.6 is 0 Å². The Morgan fingerprint density at radius 3 is 2.18 bits per heavy atom. The second-order valence-corrected chi connectivity index (χ2v) is 13.8. The van der Waals surface area contributed by atoms with E-state index >= 15 is 0 Å². The van der Waals surface area contributed by atoms with Crippen molar-refractivity contribution < 1.29 is 92.6 Å². The van der Waals surface area contributed by atoms with Crippen LogP contribution in [0, 0.1) is 0 Å². The topological polar surface area (TPSA) is 260 Å². The Bertz CT molecular complexity index is 1960. The van der Waals surface area contributed by atoms with E-state index in [1.807, 2.05) is 0 Å². The fourth-order valence-electron chi connectivity index (χ4n) is 7.35. The van der Waals surface area contributed by atoms with Crippen molar-refractivity contribution in [3.8, 4) is 39.9 Å². The highest BCUT2D eigenvalue weighted by atomic mass is 16.8. The predicted molar refractivity (Wildman–Crippen MR) is 179 cm³/mol. The number of benzene rings is 3. The largest absolute Gasteiger partial charge is 0.493 e. The molecule has 0 bridgehead atoms. The summed E-state index contributed by atoms with van der Waals surface area (Å²) in [5.74, 6) is 1.10. The average Bonchev–Trinajstić information content (AvgIpc) is 3.97. The van der Waals surface area contributed by atoms with Crippen LogP contribution in [0.3, 0.4) is 0 Å². The van der Waals surface area contributed by atoms with E-state index in [2.05, 4.69) is 0 Å². The Kier molecular flexibility index (Phi) is 9.93. The molecular formula is C36H40O19. The number of esters is 1. The second kappa shape index (κ2) is 14.4. The van der Waals surface area contributed by atoms with Crippen molar-refractivity contribution in [2.75, 3.05) is 54.0 Å². The summed E-state index contributed by atoms with van der Waals surface area (Å²) in [6.45, 7) is -3.37. The van der Waals surface area contributed by atoms with Crippen LogP contribution in [-0.2, 0) is 35.0 Å². The van der Waals surface area contributed by atoms with Crippen LogP contribution in [0.25, 0.3) is 21.9 Å². The molecule has 10 atom stereocenters. The minimum Gasteiger partial charge on any atom is -0.493 e. The Morgan fingerprint density at radius 1 is 0.782 bits per heavy atom. The van der Waals surface area contributed by atoms with Gasteiger partial charge in [-0.05, 0) is 35.2 Å². The van der Waals surface area contributed by atoms with E-state index in [-0.39, 0.29) is 24.7 Å². The molecule has 0 saturated carbocycles. The molecule has 3 aromatic rings. The normalized spacial score (nSPS) is 33.9. The number of rotatable bonds is 11. The van der Waals surface area contributed by atoms with Gasteiger partial charge in [0.1, 0.15) is 48.0 Å². The molecule has 0 radical (unpaired) electrons. The molecule has 55 heavy (non-hydrogen) atoms. The number of ether oxygens (including phenoxy) is 11. The van der Waals surface area contributed by atoms with Crippen molar-refractivity contribution in [1.29, 1.82) is 0 Å². The highest BCUT2D eigenvalue weighted by Crippen LogP contribution is 2.50. The number of methoxy groups -OCH3 is 2. The second-order valence-electron chi connectivity index (χ2n) is 13.8. The van der Waals surface area contributed by atoms with Crippen LogP contribution in [0.4, 0.5) is 0 Å². The SMILES string of the molecule is COc1cc2c(O[C@@H]3OC[C@@](O)(CO)[C@H]3O[C@@H]3OC[C@@H](O)[C@H](O[C@@H]4OC[C@@](O)(CO)[C@H]4O)[C@H]3O)c3c(c(-c4ccc5c(c4)OCO5)c2cc1OC)C(=O)OC3. The molecule has 0 unspecified atom stereocenters. The Hall–Kier alpha value is -4.09. The third-order valence-electron chi connectivity index (χ3n) is 10.4. The molecule has 0 aromatic heterocycles. The number of carbonyl (C=O) groups excluding carboxylic acids is 1. The third kappa shape index (κ3) is 6.29. The van der Waals surface area contributed by atoms with Crippen molar-refractivity contribution in [1.82, 2.24) is 0 Å². The fraction of sp³-hybridized carbons (Fsp3) is 0.528. The molecule has 3 saturated heterocycles. The van der Waals surface area contributed by atoms with Crippen LogP contribution in [0.15, 0.2) is 30.3 Å². The molecule has 3 aromatic carbocycles. The molecule has 7 N–H and O–H groups in total. The van der Waals surface area contributed by atoms with Crippen molar-refractivity contribution in [3.05, 3.63) is 41.5 Å². The lowest BCUT2D eigenvalue weighted by Crippen LogP contribution is -2.60. The van der Waals surface area contributed by atoms with Gasteiger partial charge < -0.3 is 87.9 Å². The van der Waals surface area contributed by atoms with Gasteiger partial charge in [0.15, 0.2) is 41.7 Å². The average molecular weight is 777 g/mol. The molecular weight excluding hydrogens is 736 g/mol. The summed E-state index contributed by atoms with van der Waals surface area (Å²) in [6, 6.07) is 8.54. The van der Waals surface area contributed by atoms with Gasteiger partial charge in [0, 0.05) is 16.5 Å². The predicted octanol–water partition coefficient (Wildman–Crippen LogP) is -1.33. The number of aliphatic hydroxyl groups excluding tert-OH is 5. The van der Waals surface area contributed by atoms with E-state index in [0.717, 1.165) is 0 Å². The summed E-state index contributed by atoms with van der Waals surface area (Å²) in [5, 5.41) is 75.1. The molecule has 3 fully saturated rings. The molecule has 5 aliphatic rings. The summed E-state index contributed by atoms with van der Waals surface area (Å²) >= 11 is 0. The van der Waals surface area contributed by atoms with Crippen LogP contribution in [0.1, 0.15) is 15.9 Å². The van der Waals surface area contributed by atoms with Crippen LogP contribution in [0.2, 0.25) is 0 Å². The lowest BCUT2D eigenvalue weighted by atomic mass is 9.89. The van der Waals surface area contributed by atoms with Gasteiger partial charge in [-0.25, -0.2) is 4.79 Å². The summed E-state index contributed by atoms with van der Waals surface area (Å²) in [7, 11) is 2.91. The number of aliphatic hydroxyl groups is 7. The lowest BCUT2D eigenvalue weighted by molar-refractivity contribution is -0.328. The molecule has 5 heterocycles. The first-order valence-corrected chi connectivity index (χ1v) is 17.3. The highest BCUT2D eigenvalue weighted by molar-refractivity contribution is 6.14. The van der Waals surface area contributed by atoms with Gasteiger partial charge in [0.2, 0.25) is 13.1 Å². The first-order valence-electron chi connectivity index (χ1n) is 17.3. The summed E-state index contributed by atoms with van der Waals surface area (Å²) in [4.78, 5) is 13.5. The Labute approximate surface area is 311 Å². The summed E-state index contributed by atoms with van der Waals surface area (Å²) < 4.78 is 62.8. The molecule has 0 spiro atoms. The van der Waals surface area contributed by atoms with Gasteiger partial charge in [-0.15, -0.1) is 0 Å². The zero-order valence-corrected chi connectivity index (χ0v) is 29.5. The number of cyclic esters (lactones) is 1. The van der Waals surface area contributed by atoms with Crippen molar-refractivity contribution in [2.45, 2.75) is 67.2 Å². The van der Waals surface area contributed by atoms with Crippen LogP contribution in [-0.4, -0.2) is 156 Å². The molecule has 0 aliphatic carbocycles. The zero-order chi connectivity index (χ0) is 38.8. The van der Waals surface area contributed by atoms with Gasteiger partial charge in [-0.1, -0.05) is 6.07 Å². The van der Waals surface area contributed by atoms with E-state index in [4.69, 9.17) is 52.1 Å². The molecule has 19 heteroatoms. The first kappa shape index (κ1) is 37.8. The maximum Gasteiger partial charge on any atom is 0.339 e. The van der Waals surface area contributed by atoms with Gasteiger partial charge in [0.25, 0.3) is 0 Å². The standard InChI is InChI=1S/C36H40O19/c1-45-21-6-16-17(7-22(21)46-2)27(18-8-47-31(42)25(18)24(16)15-3-4-20-23(5-15)52-14-51-20)53-34-30(36(44,11-38)13-50-34)55-32-26(40)28(19(39)9-48-32)54-33-29(41)35(43,10-37)12-49-33/h3-7,19,26,28-30,32-34,37-41,43-44H,8-14H2,1-2H3/t19-,26-,28+,29+,30+,32+,33+,34+,35+,36+/m1/s1. The molecule has 0 amide bonds. The Morgan fingerprint density at radius 2 is 1.47 bits per heavy atom. The molecule has 19 nitrogen and oxygen atoms in total. The Balaban J connectivity index is 1.16. The third-order valence-corrected chi connectivity index (χ3v) is 10.4. The van der Waals surface area contributed by atoms with E-state index in [1.165, 1.54) is 14.2 Å². The van der Waals surface area contributed by atoms with Crippen molar-refractivity contribution in [3.63, 3.8) is 0 Å². The summed E-state index contributed by atoms with van der Waals surface area (Å²) in [5.41, 5.74) is -2.60. The number of fused-ring (bicyclic) bond motifs is 3. The van der Waals surface area contributed by atoms with Gasteiger partial charge in [-0.3, -0.25) is 0 Å². The molecule has 298 valence electrons. The van der Waals surface area contributed by atoms with Crippen LogP contribution < -0.4 is 23.7 Å². The van der Waals surface area contributed by atoms with Crippen molar-refractivity contribution >= 4 is 16.7 Å². The number of hydrogen-bond acceptors (Lipinski definition) is 19. The highest BCUT2D eigenvalue weighted by Gasteiger charge is 2.56. The first-order chi connectivity index (χ1) is 26.4. The molecule has 5 aliphatic heterocycles. The number of hydrogen-bond donors (Lipinski definition) is 7. The smallest absolute Gasteiger partial charge is 0.339 e. The fourth-order valence-corrected chi connectivity index (χ4v) is 7.35. The van der Waals surface area contributed by atoms with Gasteiger partial charge in [0.05, 0.1) is 52.8 Å². The quantitative estimate of drug-likeness (QED) is 0.111. The van der Waals surface area contributed by atoms with Gasteiger partial charge in [-0.2, -0.15) is 0 Å². The van der Waals surface area contributed by atoms with E-state index in [0.29, 0.717) is 50.5 Å². The maximum atomic E-state index is 13.5. The maximum absolute atomic E-state index is 13.5.